The van der Waals surface area contributed by atoms with Crippen LogP contribution in [0.4, 0.5) is 0 Å². The normalized spacial score (nSPS) is 12.5. The number of hydrogen-bond acceptors (Lipinski definition) is 5. The van der Waals surface area contributed by atoms with Crippen LogP contribution in [0, 0.1) is 5.92 Å². The Morgan fingerprint density at radius 3 is 2.42 bits per heavy atom. The van der Waals surface area contributed by atoms with Crippen LogP contribution in [0.3, 0.4) is 0 Å². The first-order chi connectivity index (χ1) is 11.3. The molecule has 0 heterocycles. The highest BCUT2D eigenvalue weighted by atomic mass is 33.1. The number of nitrogens with one attached hydrogen (secondary N) is 1. The number of hydrogen-bond donors (Lipinski definition) is 1. The monoisotopic (exact) mass is 375 g/mol. The van der Waals surface area contributed by atoms with Crippen molar-refractivity contribution in [1.82, 2.24) is 10.2 Å². The summed E-state index contributed by atoms with van der Waals surface area (Å²) in [4.78, 5) is 18.5. The van der Waals surface area contributed by atoms with Crippen molar-refractivity contribution in [2.45, 2.75) is 59.9 Å². The van der Waals surface area contributed by atoms with Crippen molar-refractivity contribution in [2.24, 2.45) is 10.9 Å². The zero-order valence-corrected chi connectivity index (χ0v) is 18.1. The minimum atomic E-state index is 0.151. The molecule has 0 aliphatic heterocycles. The first-order valence-electron chi connectivity index (χ1n) is 9.04. The Morgan fingerprint density at radius 1 is 1.12 bits per heavy atom. The summed E-state index contributed by atoms with van der Waals surface area (Å²) in [6.07, 6.45) is 2.92. The van der Waals surface area contributed by atoms with Crippen LogP contribution in [0.25, 0.3) is 0 Å². The summed E-state index contributed by atoms with van der Waals surface area (Å²) in [6, 6.07) is 0.487. The Kier molecular flexibility index (Phi) is 15.0. The van der Waals surface area contributed by atoms with Crippen LogP contribution in [0.1, 0.15) is 53.9 Å². The number of carbonyl (C=O) groups is 1. The van der Waals surface area contributed by atoms with Gasteiger partial charge in [0.25, 0.3) is 0 Å². The second-order valence-electron chi connectivity index (χ2n) is 6.87. The van der Waals surface area contributed by atoms with Crippen LogP contribution in [-0.2, 0) is 4.79 Å². The van der Waals surface area contributed by atoms with Gasteiger partial charge in [0.2, 0.25) is 5.91 Å². The molecule has 1 amide bonds. The van der Waals surface area contributed by atoms with Crippen LogP contribution in [0.5, 0.6) is 0 Å². The van der Waals surface area contributed by atoms with Crippen molar-refractivity contribution < 1.29 is 4.79 Å². The zero-order valence-electron chi connectivity index (χ0n) is 16.4. The maximum atomic E-state index is 11.7. The first-order valence-corrected chi connectivity index (χ1v) is 11.5. The quantitative estimate of drug-likeness (QED) is 0.282. The molecule has 0 aliphatic carbocycles. The average Bonchev–Trinajstić information content (AvgIpc) is 2.52. The number of rotatable bonds is 14. The SMILES string of the molecule is CC(CCC(C)C)=NCCSSCCNC(=O)CCN(C)C(C)C. The van der Waals surface area contributed by atoms with E-state index in [0.29, 0.717) is 12.5 Å². The van der Waals surface area contributed by atoms with Gasteiger partial charge in [0, 0.05) is 49.3 Å². The molecule has 0 radical (unpaired) electrons. The van der Waals surface area contributed by atoms with Gasteiger partial charge in [-0.25, -0.2) is 0 Å². The van der Waals surface area contributed by atoms with Crippen LogP contribution in [-0.4, -0.2) is 60.7 Å². The molecule has 142 valence electrons. The standard InChI is InChI=1S/C18H37N3OS2/c1-15(2)7-8-17(5)19-10-13-23-24-14-11-20-18(22)9-12-21(6)16(3)4/h15-16H,7-14H2,1-6H3,(H,20,22). The lowest BCUT2D eigenvalue weighted by molar-refractivity contribution is -0.121. The van der Waals surface area contributed by atoms with Crippen molar-refractivity contribution in [1.29, 1.82) is 0 Å². The fourth-order valence-electron chi connectivity index (χ4n) is 1.82. The van der Waals surface area contributed by atoms with Crippen LogP contribution < -0.4 is 5.32 Å². The van der Waals surface area contributed by atoms with Gasteiger partial charge < -0.3 is 10.2 Å². The highest BCUT2D eigenvalue weighted by Gasteiger charge is 2.06. The van der Waals surface area contributed by atoms with Gasteiger partial charge in [0.15, 0.2) is 0 Å². The van der Waals surface area contributed by atoms with Gasteiger partial charge in [-0.15, -0.1) is 0 Å². The second-order valence-corrected chi connectivity index (χ2v) is 9.57. The summed E-state index contributed by atoms with van der Waals surface area (Å²) in [7, 11) is 5.71. The van der Waals surface area contributed by atoms with Gasteiger partial charge in [0.05, 0.1) is 0 Å². The molecular formula is C18H37N3OS2. The van der Waals surface area contributed by atoms with E-state index < -0.39 is 0 Å². The molecule has 4 nitrogen and oxygen atoms in total. The Balaban J connectivity index is 3.47. The molecule has 0 aromatic heterocycles. The molecule has 0 spiro atoms. The van der Waals surface area contributed by atoms with E-state index in [1.54, 1.807) is 0 Å². The van der Waals surface area contributed by atoms with Crippen molar-refractivity contribution >= 4 is 33.2 Å². The minimum Gasteiger partial charge on any atom is -0.355 e. The molecule has 0 rings (SSSR count). The lowest BCUT2D eigenvalue weighted by Gasteiger charge is -2.20. The highest BCUT2D eigenvalue weighted by Crippen LogP contribution is 2.19. The van der Waals surface area contributed by atoms with Crippen LogP contribution in [0.15, 0.2) is 4.99 Å². The summed E-state index contributed by atoms with van der Waals surface area (Å²) >= 11 is 0. The maximum absolute atomic E-state index is 11.7. The highest BCUT2D eigenvalue weighted by molar-refractivity contribution is 8.76. The molecule has 0 atom stereocenters. The summed E-state index contributed by atoms with van der Waals surface area (Å²) < 4.78 is 0. The van der Waals surface area contributed by atoms with Gasteiger partial charge in [-0.1, -0.05) is 35.4 Å². The van der Waals surface area contributed by atoms with Crippen molar-refractivity contribution in [3.63, 3.8) is 0 Å². The van der Waals surface area contributed by atoms with Gasteiger partial charge in [0.1, 0.15) is 0 Å². The largest absolute Gasteiger partial charge is 0.355 e. The minimum absolute atomic E-state index is 0.151. The fraction of sp³-hybridized carbons (Fsp3) is 0.889. The molecule has 0 aromatic rings. The third kappa shape index (κ3) is 15.3. The first kappa shape index (κ1) is 23.8. The summed E-state index contributed by atoms with van der Waals surface area (Å²) in [5.41, 5.74) is 1.27. The van der Waals surface area contributed by atoms with Gasteiger partial charge in [-0.3, -0.25) is 9.79 Å². The molecule has 0 aliphatic rings. The van der Waals surface area contributed by atoms with Gasteiger partial charge in [-0.05, 0) is 46.6 Å². The van der Waals surface area contributed by atoms with E-state index in [9.17, 15) is 4.79 Å². The van der Waals surface area contributed by atoms with Crippen LogP contribution in [0.2, 0.25) is 0 Å². The smallest absolute Gasteiger partial charge is 0.221 e. The van der Waals surface area contributed by atoms with E-state index in [1.165, 1.54) is 12.1 Å². The Bertz CT molecular complexity index is 360. The van der Waals surface area contributed by atoms with Crippen LogP contribution >= 0.6 is 21.6 Å². The van der Waals surface area contributed by atoms with Gasteiger partial charge in [-0.2, -0.15) is 0 Å². The third-order valence-corrected chi connectivity index (χ3v) is 6.19. The van der Waals surface area contributed by atoms with E-state index in [2.05, 4.69) is 56.9 Å². The lowest BCUT2D eigenvalue weighted by Crippen LogP contribution is -2.33. The Hall–Kier alpha value is -0.200. The van der Waals surface area contributed by atoms with Crippen molar-refractivity contribution in [3.05, 3.63) is 0 Å². The molecule has 6 heteroatoms. The molecule has 0 fully saturated rings. The van der Waals surface area contributed by atoms with E-state index in [0.717, 1.165) is 43.5 Å². The van der Waals surface area contributed by atoms with E-state index in [4.69, 9.17) is 0 Å². The number of aliphatic imine (C=N–C) groups is 1. The summed E-state index contributed by atoms with van der Waals surface area (Å²) in [6.45, 7) is 13.4. The molecular weight excluding hydrogens is 338 g/mol. The topological polar surface area (TPSA) is 44.7 Å². The summed E-state index contributed by atoms with van der Waals surface area (Å²) in [5.74, 6) is 2.89. The molecule has 0 aromatic carbocycles. The Labute approximate surface area is 157 Å². The molecule has 1 N–H and O–H groups in total. The second kappa shape index (κ2) is 15.1. The van der Waals surface area contributed by atoms with E-state index in [1.807, 2.05) is 21.6 Å². The van der Waals surface area contributed by atoms with E-state index >= 15 is 0 Å². The maximum Gasteiger partial charge on any atom is 0.221 e. The molecule has 0 bridgehead atoms. The average molecular weight is 376 g/mol. The third-order valence-electron chi connectivity index (χ3n) is 3.80. The number of amides is 1. The van der Waals surface area contributed by atoms with E-state index in [-0.39, 0.29) is 5.91 Å². The molecule has 0 unspecified atom stereocenters. The fourth-order valence-corrected chi connectivity index (χ4v) is 3.59. The lowest BCUT2D eigenvalue weighted by atomic mass is 10.1. The number of nitrogens with zero attached hydrogens (tertiary/aromatic N) is 2. The number of carbonyl (C=O) groups excluding carboxylic acids is 1. The summed E-state index contributed by atoms with van der Waals surface area (Å²) in [5, 5.41) is 2.99. The Morgan fingerprint density at radius 2 is 1.79 bits per heavy atom. The molecule has 0 saturated heterocycles. The molecule has 24 heavy (non-hydrogen) atoms. The predicted octanol–water partition coefficient (Wildman–Crippen LogP) is 4.11. The molecule has 0 saturated carbocycles. The van der Waals surface area contributed by atoms with Crippen molar-refractivity contribution in [2.75, 3.05) is 38.2 Å². The zero-order chi connectivity index (χ0) is 18.4. The van der Waals surface area contributed by atoms with Gasteiger partial charge >= 0.3 is 0 Å². The van der Waals surface area contributed by atoms with Crippen molar-refractivity contribution in [3.8, 4) is 0 Å². The predicted molar refractivity (Wildman–Crippen MR) is 112 cm³/mol.